The molecule has 1 saturated carbocycles. The number of fused-ring (bicyclic) bond motifs is 1. The first-order valence-electron chi connectivity index (χ1n) is 10.2. The number of aryl methyl sites for hydroxylation is 1. The van der Waals surface area contributed by atoms with Crippen LogP contribution in [0.25, 0.3) is 10.8 Å². The fourth-order valence-corrected chi connectivity index (χ4v) is 3.73. The number of carbonyl (C=O) groups is 1. The zero-order valence-electron chi connectivity index (χ0n) is 17.6. The summed E-state index contributed by atoms with van der Waals surface area (Å²) >= 11 is 0. The molecule has 2 aromatic carbocycles. The molecule has 3 aromatic rings. The predicted octanol–water partition coefficient (Wildman–Crippen LogP) is 3.70. The lowest BCUT2D eigenvalue weighted by Crippen LogP contribution is -2.35. The molecule has 0 aliphatic heterocycles. The summed E-state index contributed by atoms with van der Waals surface area (Å²) < 4.78 is 11.2. The van der Waals surface area contributed by atoms with E-state index in [1.165, 1.54) is 0 Å². The summed E-state index contributed by atoms with van der Waals surface area (Å²) in [4.78, 5) is 17.5. The van der Waals surface area contributed by atoms with Crippen molar-refractivity contribution >= 4 is 16.7 Å². The van der Waals surface area contributed by atoms with E-state index in [4.69, 9.17) is 15.2 Å². The van der Waals surface area contributed by atoms with Crippen molar-refractivity contribution in [2.24, 2.45) is 5.73 Å². The molecular weight excluding hydrogens is 378 g/mol. The first-order valence-corrected chi connectivity index (χ1v) is 10.2. The maximum absolute atomic E-state index is 13.2. The van der Waals surface area contributed by atoms with Crippen LogP contribution >= 0.6 is 0 Å². The summed E-state index contributed by atoms with van der Waals surface area (Å²) in [6, 6.07) is 11.5. The molecule has 0 bridgehead atoms. The Morgan fingerprint density at radius 3 is 2.73 bits per heavy atom. The minimum absolute atomic E-state index is 0.0749. The number of aromatic nitrogens is 1. The molecule has 0 radical (unpaired) electrons. The van der Waals surface area contributed by atoms with Gasteiger partial charge in [0.25, 0.3) is 5.91 Å². The van der Waals surface area contributed by atoms with Crippen molar-refractivity contribution in [1.82, 2.24) is 10.3 Å². The monoisotopic (exact) mass is 405 g/mol. The molecule has 1 fully saturated rings. The van der Waals surface area contributed by atoms with Crippen molar-refractivity contribution in [3.63, 3.8) is 0 Å². The number of nitrogens with two attached hydrogens (primary N) is 1. The van der Waals surface area contributed by atoms with Crippen molar-refractivity contribution in [2.75, 3.05) is 13.7 Å². The average Bonchev–Trinajstić information content (AvgIpc) is 3.52. The number of rotatable bonds is 7. The number of amides is 1. The first-order chi connectivity index (χ1) is 14.4. The fraction of sp³-hybridized carbons (Fsp3) is 0.333. The lowest BCUT2D eigenvalue weighted by Gasteiger charge is -2.22. The Labute approximate surface area is 176 Å². The summed E-state index contributed by atoms with van der Waals surface area (Å²) in [6.07, 6.45) is 5.36. The van der Waals surface area contributed by atoms with Gasteiger partial charge in [-0.3, -0.25) is 9.78 Å². The van der Waals surface area contributed by atoms with Crippen molar-refractivity contribution in [3.05, 3.63) is 65.5 Å². The van der Waals surface area contributed by atoms with E-state index in [2.05, 4.69) is 10.3 Å². The van der Waals surface area contributed by atoms with E-state index in [1.54, 1.807) is 19.4 Å². The zero-order chi connectivity index (χ0) is 21.3. The van der Waals surface area contributed by atoms with Crippen molar-refractivity contribution in [1.29, 1.82) is 0 Å². The lowest BCUT2D eigenvalue weighted by molar-refractivity contribution is 0.0930. The summed E-state index contributed by atoms with van der Waals surface area (Å²) in [5.41, 5.74) is 7.94. The Balaban J connectivity index is 1.65. The number of nitrogens with zero attached hydrogens (tertiary/aromatic N) is 1. The summed E-state index contributed by atoms with van der Waals surface area (Å²) in [7, 11) is 1.65. The predicted molar refractivity (Wildman–Crippen MR) is 117 cm³/mol. The highest BCUT2D eigenvalue weighted by molar-refractivity contribution is 5.97. The lowest BCUT2D eigenvalue weighted by atomic mass is 9.96. The molecular formula is C24H27N3O3. The zero-order valence-corrected chi connectivity index (χ0v) is 17.6. The van der Waals surface area contributed by atoms with Crippen LogP contribution in [0.3, 0.4) is 0 Å². The molecule has 1 amide bonds. The Hall–Kier alpha value is -3.12. The quantitative estimate of drug-likeness (QED) is 0.626. The topological polar surface area (TPSA) is 86.5 Å². The van der Waals surface area contributed by atoms with Crippen molar-refractivity contribution in [3.8, 4) is 11.5 Å². The second-order valence-corrected chi connectivity index (χ2v) is 8.07. The van der Waals surface area contributed by atoms with Gasteiger partial charge < -0.3 is 20.5 Å². The van der Waals surface area contributed by atoms with Gasteiger partial charge in [-0.2, -0.15) is 0 Å². The van der Waals surface area contributed by atoms with Gasteiger partial charge in [0.15, 0.2) is 0 Å². The highest BCUT2D eigenvalue weighted by Gasteiger charge is 2.47. The average molecular weight is 405 g/mol. The Morgan fingerprint density at radius 2 is 2.03 bits per heavy atom. The van der Waals surface area contributed by atoms with Crippen LogP contribution in [-0.4, -0.2) is 30.6 Å². The Kier molecular flexibility index (Phi) is 5.35. The van der Waals surface area contributed by atoms with Gasteiger partial charge in [0, 0.05) is 29.4 Å². The van der Waals surface area contributed by atoms with Crippen LogP contribution in [0.5, 0.6) is 11.5 Å². The van der Waals surface area contributed by atoms with Gasteiger partial charge in [-0.1, -0.05) is 6.07 Å². The first kappa shape index (κ1) is 20.2. The molecule has 0 saturated heterocycles. The standard InChI is InChI=1S/C24H27N3O3/c1-15-4-5-18(30-14-16(2)25)11-21(15)23(28)27-24(7-8-24)22-12-19(29-3)10-17-13-26-9-6-20(17)22/h4-6,9-13,16H,7-8,14,25H2,1-3H3,(H,27,28). The maximum atomic E-state index is 13.2. The fourth-order valence-electron chi connectivity index (χ4n) is 3.73. The Morgan fingerprint density at radius 1 is 1.23 bits per heavy atom. The molecule has 6 heteroatoms. The second-order valence-electron chi connectivity index (χ2n) is 8.07. The third kappa shape index (κ3) is 3.96. The molecule has 1 aromatic heterocycles. The second kappa shape index (κ2) is 7.95. The largest absolute Gasteiger partial charge is 0.497 e. The number of carbonyl (C=O) groups excluding carboxylic acids is 1. The Bertz CT molecular complexity index is 1090. The number of hydrogen-bond acceptors (Lipinski definition) is 5. The molecule has 30 heavy (non-hydrogen) atoms. The highest BCUT2D eigenvalue weighted by Crippen LogP contribution is 2.49. The molecule has 1 aliphatic carbocycles. The van der Waals surface area contributed by atoms with Crippen LogP contribution in [0.4, 0.5) is 0 Å². The summed E-state index contributed by atoms with van der Waals surface area (Å²) in [6.45, 7) is 4.21. The number of pyridine rings is 1. The minimum atomic E-state index is -0.402. The van der Waals surface area contributed by atoms with Crippen LogP contribution < -0.4 is 20.5 Å². The van der Waals surface area contributed by atoms with Crippen LogP contribution in [0.15, 0.2) is 48.8 Å². The van der Waals surface area contributed by atoms with Gasteiger partial charge in [0.1, 0.15) is 18.1 Å². The van der Waals surface area contributed by atoms with E-state index < -0.39 is 5.54 Å². The molecule has 0 spiro atoms. The third-order valence-corrected chi connectivity index (χ3v) is 5.55. The van der Waals surface area contributed by atoms with Crippen LogP contribution in [0.2, 0.25) is 0 Å². The van der Waals surface area contributed by atoms with Gasteiger partial charge in [0.05, 0.1) is 12.6 Å². The van der Waals surface area contributed by atoms with Crippen LogP contribution in [0.1, 0.15) is 41.3 Å². The van der Waals surface area contributed by atoms with E-state index in [0.29, 0.717) is 17.9 Å². The van der Waals surface area contributed by atoms with E-state index >= 15 is 0 Å². The minimum Gasteiger partial charge on any atom is -0.497 e. The normalized spacial score (nSPS) is 15.5. The third-order valence-electron chi connectivity index (χ3n) is 5.55. The number of ether oxygens (including phenoxy) is 2. The number of benzene rings is 2. The SMILES string of the molecule is COc1cc(C2(NC(=O)c3cc(OCC(C)N)ccc3C)CC2)c2ccncc2c1. The van der Waals surface area contributed by atoms with Gasteiger partial charge in [-0.25, -0.2) is 0 Å². The smallest absolute Gasteiger partial charge is 0.252 e. The molecule has 4 rings (SSSR count). The van der Waals surface area contributed by atoms with E-state index in [1.807, 2.05) is 50.4 Å². The summed E-state index contributed by atoms with van der Waals surface area (Å²) in [5, 5.41) is 5.35. The molecule has 1 heterocycles. The van der Waals surface area contributed by atoms with E-state index in [9.17, 15) is 4.79 Å². The molecule has 3 N–H and O–H groups in total. The van der Waals surface area contributed by atoms with Gasteiger partial charge in [0.2, 0.25) is 0 Å². The summed E-state index contributed by atoms with van der Waals surface area (Å²) in [5.74, 6) is 1.29. The highest BCUT2D eigenvalue weighted by atomic mass is 16.5. The molecule has 1 aliphatic rings. The van der Waals surface area contributed by atoms with E-state index in [0.717, 1.165) is 40.5 Å². The number of nitrogens with one attached hydrogen (secondary N) is 1. The molecule has 1 unspecified atom stereocenters. The van der Waals surface area contributed by atoms with Crippen LogP contribution in [0, 0.1) is 6.92 Å². The maximum Gasteiger partial charge on any atom is 0.252 e. The van der Waals surface area contributed by atoms with Gasteiger partial charge in [-0.05, 0) is 73.5 Å². The number of methoxy groups -OCH3 is 1. The van der Waals surface area contributed by atoms with Crippen LogP contribution in [-0.2, 0) is 5.54 Å². The van der Waals surface area contributed by atoms with Crippen molar-refractivity contribution in [2.45, 2.75) is 38.3 Å². The van der Waals surface area contributed by atoms with Gasteiger partial charge in [-0.15, -0.1) is 0 Å². The van der Waals surface area contributed by atoms with Gasteiger partial charge >= 0.3 is 0 Å². The van der Waals surface area contributed by atoms with Crippen molar-refractivity contribution < 1.29 is 14.3 Å². The molecule has 156 valence electrons. The number of hydrogen-bond donors (Lipinski definition) is 2. The molecule has 1 atom stereocenters. The molecule has 6 nitrogen and oxygen atoms in total. The van der Waals surface area contributed by atoms with E-state index in [-0.39, 0.29) is 11.9 Å².